The number of hydrogen-bond donors (Lipinski definition) is 1. The lowest BCUT2D eigenvalue weighted by atomic mass is 10.2. The van der Waals surface area contributed by atoms with Gasteiger partial charge in [0.25, 0.3) is 0 Å². The van der Waals surface area contributed by atoms with Gasteiger partial charge in [-0.05, 0) is 36.4 Å². The van der Waals surface area contributed by atoms with Crippen LogP contribution in [-0.2, 0) is 0 Å². The van der Waals surface area contributed by atoms with Gasteiger partial charge >= 0.3 is 0 Å². The number of hydrogen-bond acceptors (Lipinski definition) is 6. The molecule has 0 amide bonds. The summed E-state index contributed by atoms with van der Waals surface area (Å²) < 4.78 is 18.0. The first-order valence-electron chi connectivity index (χ1n) is 6.39. The molecule has 1 N–H and O–H groups in total. The van der Waals surface area contributed by atoms with Gasteiger partial charge in [-0.1, -0.05) is 0 Å². The first kappa shape index (κ1) is 14.7. The average Bonchev–Trinajstić information content (AvgIpc) is 3.17. The first-order chi connectivity index (χ1) is 10.7. The molecule has 2 heterocycles. The standard InChI is InChI=1S/C15H12FN3OS2/c1-20-11-4-2-10(3-5-11)13-9-21-15(18-13)19-17-8-12-6-7-14(16)22-12/h2-9H,1H3,(H,18,19)/b17-8+. The van der Waals surface area contributed by atoms with Crippen molar-refractivity contribution in [3.8, 4) is 17.0 Å². The van der Waals surface area contributed by atoms with E-state index in [-0.39, 0.29) is 5.13 Å². The highest BCUT2D eigenvalue weighted by Gasteiger charge is 2.04. The van der Waals surface area contributed by atoms with E-state index in [0.717, 1.165) is 33.2 Å². The Kier molecular flexibility index (Phi) is 4.45. The van der Waals surface area contributed by atoms with Gasteiger partial charge in [-0.15, -0.1) is 22.7 Å². The molecule has 0 bridgehead atoms. The maximum atomic E-state index is 12.8. The third-order valence-electron chi connectivity index (χ3n) is 2.84. The Morgan fingerprint density at radius 3 is 2.73 bits per heavy atom. The second-order valence-corrected chi connectivity index (χ2v) is 6.20. The largest absolute Gasteiger partial charge is 0.497 e. The number of rotatable bonds is 5. The number of nitrogens with one attached hydrogen (secondary N) is 1. The number of benzene rings is 1. The van der Waals surface area contributed by atoms with Crippen LogP contribution in [-0.4, -0.2) is 18.3 Å². The molecule has 7 heteroatoms. The van der Waals surface area contributed by atoms with E-state index >= 15 is 0 Å². The quantitative estimate of drug-likeness (QED) is 0.554. The molecule has 4 nitrogen and oxygen atoms in total. The zero-order valence-electron chi connectivity index (χ0n) is 11.6. The lowest BCUT2D eigenvalue weighted by Gasteiger charge is -2.00. The number of thiazole rings is 1. The number of nitrogens with zero attached hydrogens (tertiary/aromatic N) is 2. The molecule has 0 aliphatic carbocycles. The number of hydrazone groups is 1. The molecule has 0 saturated heterocycles. The van der Waals surface area contributed by atoms with Gasteiger partial charge in [0.1, 0.15) is 5.75 Å². The van der Waals surface area contributed by atoms with Crippen LogP contribution in [0.3, 0.4) is 0 Å². The van der Waals surface area contributed by atoms with E-state index in [1.165, 1.54) is 17.4 Å². The van der Waals surface area contributed by atoms with Crippen molar-refractivity contribution in [2.24, 2.45) is 5.10 Å². The van der Waals surface area contributed by atoms with Crippen LogP contribution in [0.1, 0.15) is 4.88 Å². The zero-order valence-corrected chi connectivity index (χ0v) is 13.2. The minimum absolute atomic E-state index is 0.225. The summed E-state index contributed by atoms with van der Waals surface area (Å²) in [7, 11) is 1.64. The Bertz CT molecular complexity index is 780. The third-order valence-corrected chi connectivity index (χ3v) is 4.39. The van der Waals surface area contributed by atoms with Crippen molar-refractivity contribution in [2.45, 2.75) is 0 Å². The fourth-order valence-electron chi connectivity index (χ4n) is 1.77. The summed E-state index contributed by atoms with van der Waals surface area (Å²) in [6.07, 6.45) is 1.57. The summed E-state index contributed by atoms with van der Waals surface area (Å²) in [6.45, 7) is 0. The van der Waals surface area contributed by atoms with Crippen molar-refractivity contribution >= 4 is 34.0 Å². The van der Waals surface area contributed by atoms with Crippen LogP contribution in [0.4, 0.5) is 9.52 Å². The Hall–Kier alpha value is -2.25. The van der Waals surface area contributed by atoms with Gasteiger partial charge < -0.3 is 4.74 Å². The van der Waals surface area contributed by atoms with Crippen molar-refractivity contribution in [3.05, 3.63) is 51.8 Å². The van der Waals surface area contributed by atoms with E-state index in [1.807, 2.05) is 29.6 Å². The van der Waals surface area contributed by atoms with Gasteiger partial charge in [0.05, 0.1) is 23.9 Å². The fourth-order valence-corrected chi connectivity index (χ4v) is 3.04. The van der Waals surface area contributed by atoms with E-state index in [0.29, 0.717) is 5.13 Å². The molecule has 0 radical (unpaired) electrons. The van der Waals surface area contributed by atoms with Crippen LogP contribution in [0, 0.1) is 5.13 Å². The van der Waals surface area contributed by atoms with Gasteiger partial charge in [-0.2, -0.15) is 9.49 Å². The monoisotopic (exact) mass is 333 g/mol. The Morgan fingerprint density at radius 2 is 2.05 bits per heavy atom. The molecule has 112 valence electrons. The van der Waals surface area contributed by atoms with Crippen LogP contribution in [0.25, 0.3) is 11.3 Å². The summed E-state index contributed by atoms with van der Waals surface area (Å²) in [5.41, 5.74) is 4.73. The number of thiophene rings is 1. The van der Waals surface area contributed by atoms with Crippen molar-refractivity contribution in [1.82, 2.24) is 4.98 Å². The van der Waals surface area contributed by atoms with Crippen molar-refractivity contribution in [1.29, 1.82) is 0 Å². The van der Waals surface area contributed by atoms with Gasteiger partial charge in [-0.3, -0.25) is 5.43 Å². The highest BCUT2D eigenvalue weighted by atomic mass is 32.1. The highest BCUT2D eigenvalue weighted by Crippen LogP contribution is 2.26. The molecule has 0 unspecified atom stereocenters. The molecule has 3 rings (SSSR count). The first-order valence-corrected chi connectivity index (χ1v) is 8.08. The second kappa shape index (κ2) is 6.67. The molecule has 0 fully saturated rings. The minimum atomic E-state index is -0.225. The van der Waals surface area contributed by atoms with Crippen LogP contribution in [0.15, 0.2) is 46.9 Å². The molecule has 3 aromatic rings. The molecular formula is C15H12FN3OS2. The highest BCUT2D eigenvalue weighted by molar-refractivity contribution is 7.14. The van der Waals surface area contributed by atoms with Gasteiger partial charge in [0, 0.05) is 10.9 Å². The van der Waals surface area contributed by atoms with Crippen LogP contribution < -0.4 is 10.2 Å². The Balaban J connectivity index is 1.66. The van der Waals surface area contributed by atoms with Gasteiger partial charge in [0.2, 0.25) is 5.13 Å². The van der Waals surface area contributed by atoms with Crippen molar-refractivity contribution < 1.29 is 9.13 Å². The summed E-state index contributed by atoms with van der Waals surface area (Å²) in [4.78, 5) is 5.20. The molecule has 0 spiro atoms. The third kappa shape index (κ3) is 3.49. The van der Waals surface area contributed by atoms with E-state index in [9.17, 15) is 4.39 Å². The van der Waals surface area contributed by atoms with E-state index in [4.69, 9.17) is 4.74 Å². The average molecular weight is 333 g/mol. The van der Waals surface area contributed by atoms with E-state index < -0.39 is 0 Å². The van der Waals surface area contributed by atoms with E-state index in [1.54, 1.807) is 19.4 Å². The molecule has 0 aliphatic rings. The second-order valence-electron chi connectivity index (χ2n) is 4.28. The van der Waals surface area contributed by atoms with Crippen LogP contribution in [0.5, 0.6) is 5.75 Å². The molecule has 22 heavy (non-hydrogen) atoms. The Labute approximate surface area is 134 Å². The number of anilines is 1. The SMILES string of the molecule is COc1ccc(-c2csc(N/N=C/c3ccc(F)s3)n2)cc1. The maximum absolute atomic E-state index is 12.8. The maximum Gasteiger partial charge on any atom is 0.203 e. The van der Waals surface area contributed by atoms with Gasteiger partial charge in [-0.25, -0.2) is 4.98 Å². The fraction of sp³-hybridized carbons (Fsp3) is 0.0667. The van der Waals surface area contributed by atoms with Crippen molar-refractivity contribution in [3.63, 3.8) is 0 Å². The predicted molar refractivity (Wildman–Crippen MR) is 89.6 cm³/mol. The number of methoxy groups -OCH3 is 1. The summed E-state index contributed by atoms with van der Waals surface area (Å²) in [5.74, 6) is 0.810. The number of aromatic nitrogens is 1. The van der Waals surface area contributed by atoms with Crippen LogP contribution >= 0.6 is 22.7 Å². The molecule has 0 aliphatic heterocycles. The molecule has 0 atom stereocenters. The molecule has 2 aromatic heterocycles. The zero-order chi connectivity index (χ0) is 15.4. The topological polar surface area (TPSA) is 46.5 Å². The number of halogens is 1. The molecular weight excluding hydrogens is 321 g/mol. The molecule has 0 saturated carbocycles. The predicted octanol–water partition coefficient (Wildman–Crippen LogP) is 4.47. The summed E-state index contributed by atoms with van der Waals surface area (Å²) >= 11 is 2.50. The summed E-state index contributed by atoms with van der Waals surface area (Å²) in [5, 5.41) is 6.46. The lowest BCUT2D eigenvalue weighted by Crippen LogP contribution is -1.88. The lowest BCUT2D eigenvalue weighted by molar-refractivity contribution is 0.415. The smallest absolute Gasteiger partial charge is 0.203 e. The molecule has 1 aromatic carbocycles. The normalized spacial score (nSPS) is 11.0. The summed E-state index contributed by atoms with van der Waals surface area (Å²) in [6, 6.07) is 10.8. The van der Waals surface area contributed by atoms with E-state index in [2.05, 4.69) is 15.5 Å². The number of ether oxygens (including phenoxy) is 1. The Morgan fingerprint density at radius 1 is 1.23 bits per heavy atom. The minimum Gasteiger partial charge on any atom is -0.497 e. The van der Waals surface area contributed by atoms with Crippen molar-refractivity contribution in [2.75, 3.05) is 12.5 Å². The van der Waals surface area contributed by atoms with Crippen LogP contribution in [0.2, 0.25) is 0 Å². The van der Waals surface area contributed by atoms with Gasteiger partial charge in [0.15, 0.2) is 5.13 Å².